The van der Waals surface area contributed by atoms with Crippen LogP contribution in [-0.2, 0) is 29.5 Å². The molecule has 2 aromatic carbocycles. The number of benzene rings is 2. The van der Waals surface area contributed by atoms with Crippen LogP contribution in [0.25, 0.3) is 11.3 Å². The number of esters is 1. The van der Waals surface area contributed by atoms with Crippen molar-refractivity contribution in [1.29, 1.82) is 0 Å². The van der Waals surface area contributed by atoms with Gasteiger partial charge in [0.25, 0.3) is 0 Å². The third-order valence-electron chi connectivity index (χ3n) is 5.46. The molecule has 4 aromatic rings. The number of hydrogen-bond donors (Lipinski definition) is 0. The van der Waals surface area contributed by atoms with Crippen LogP contribution in [0.1, 0.15) is 33.4 Å². The van der Waals surface area contributed by atoms with E-state index in [1.807, 2.05) is 11.6 Å². The fraction of sp³-hybridized carbons (Fsp3) is 0.192. The van der Waals surface area contributed by atoms with Gasteiger partial charge in [0.1, 0.15) is 11.6 Å². The summed E-state index contributed by atoms with van der Waals surface area (Å²) in [4.78, 5) is 21.0. The van der Waals surface area contributed by atoms with E-state index in [0.717, 1.165) is 11.3 Å². The first kappa shape index (κ1) is 23.3. The van der Waals surface area contributed by atoms with Gasteiger partial charge in [-0.15, -0.1) is 0 Å². The smallest absolute Gasteiger partial charge is 0.340 e. The van der Waals surface area contributed by atoms with Gasteiger partial charge in [-0.25, -0.2) is 23.5 Å². The van der Waals surface area contributed by atoms with E-state index in [9.17, 15) is 13.6 Å². The number of imidazole rings is 1. The average Bonchev–Trinajstić information content (AvgIpc) is 3.26. The van der Waals surface area contributed by atoms with Crippen molar-refractivity contribution in [2.75, 3.05) is 7.11 Å². The summed E-state index contributed by atoms with van der Waals surface area (Å²) in [5, 5.41) is 0. The van der Waals surface area contributed by atoms with E-state index in [-0.39, 0.29) is 29.9 Å². The van der Waals surface area contributed by atoms with E-state index in [1.54, 1.807) is 48.9 Å². The molecule has 0 aliphatic heterocycles. The molecule has 0 radical (unpaired) electrons. The molecule has 0 N–H and O–H groups in total. The lowest BCUT2D eigenvalue weighted by molar-refractivity contribution is 0.0369. The number of aromatic nitrogens is 3. The van der Waals surface area contributed by atoms with Crippen LogP contribution < -0.4 is 0 Å². The predicted molar refractivity (Wildman–Crippen MR) is 122 cm³/mol. The highest BCUT2D eigenvalue weighted by atomic mass is 19.1. The van der Waals surface area contributed by atoms with Crippen molar-refractivity contribution in [3.05, 3.63) is 107 Å². The minimum Gasteiger partial charge on any atom is -0.465 e. The topological polar surface area (TPSA) is 66.2 Å². The van der Waals surface area contributed by atoms with Gasteiger partial charge in [-0.2, -0.15) is 0 Å². The van der Waals surface area contributed by atoms with Crippen LogP contribution in [0.5, 0.6) is 0 Å². The molecule has 8 heteroatoms. The van der Waals surface area contributed by atoms with Crippen molar-refractivity contribution >= 4 is 5.97 Å². The second-order valence-electron chi connectivity index (χ2n) is 7.75. The van der Waals surface area contributed by atoms with E-state index < -0.39 is 5.97 Å². The van der Waals surface area contributed by atoms with Gasteiger partial charge in [0.05, 0.1) is 43.1 Å². The summed E-state index contributed by atoms with van der Waals surface area (Å²) in [5.74, 6) is -1.26. The van der Waals surface area contributed by atoms with Crippen LogP contribution in [0, 0.1) is 11.6 Å². The molecule has 1 unspecified atom stereocenters. The number of methoxy groups -OCH3 is 1. The summed E-state index contributed by atoms with van der Waals surface area (Å²) in [6, 6.07) is 15.2. The van der Waals surface area contributed by atoms with Gasteiger partial charge in [0.2, 0.25) is 0 Å². The summed E-state index contributed by atoms with van der Waals surface area (Å²) >= 11 is 0. The van der Waals surface area contributed by atoms with Gasteiger partial charge in [-0.3, -0.25) is 0 Å². The highest BCUT2D eigenvalue weighted by molar-refractivity contribution is 5.96. The highest BCUT2D eigenvalue weighted by Gasteiger charge is 2.19. The lowest BCUT2D eigenvalue weighted by Crippen LogP contribution is -2.12. The Balaban J connectivity index is 1.62. The van der Waals surface area contributed by atoms with Gasteiger partial charge >= 0.3 is 5.97 Å². The van der Waals surface area contributed by atoms with E-state index in [4.69, 9.17) is 9.47 Å². The molecule has 0 saturated heterocycles. The number of hydrogen-bond acceptors (Lipinski definition) is 5. The molecule has 4 rings (SSSR count). The predicted octanol–water partition coefficient (Wildman–Crippen LogP) is 5.05. The van der Waals surface area contributed by atoms with E-state index in [0.29, 0.717) is 23.4 Å². The molecule has 6 nitrogen and oxygen atoms in total. The van der Waals surface area contributed by atoms with E-state index in [2.05, 4.69) is 9.97 Å². The van der Waals surface area contributed by atoms with Crippen molar-refractivity contribution in [3.63, 3.8) is 0 Å². The highest BCUT2D eigenvalue weighted by Crippen LogP contribution is 2.26. The monoisotopic (exact) mass is 463 g/mol. The van der Waals surface area contributed by atoms with Crippen LogP contribution in [-0.4, -0.2) is 27.6 Å². The Bertz CT molecular complexity index is 1270. The molecular weight excluding hydrogens is 440 g/mol. The normalized spacial score (nSPS) is 11.9. The quantitative estimate of drug-likeness (QED) is 0.342. The van der Waals surface area contributed by atoms with Gasteiger partial charge in [0, 0.05) is 30.9 Å². The lowest BCUT2D eigenvalue weighted by Gasteiger charge is -2.19. The summed E-state index contributed by atoms with van der Waals surface area (Å²) in [6.45, 7) is 0.134. The molecule has 0 bridgehead atoms. The third kappa shape index (κ3) is 5.35. The molecule has 0 aliphatic carbocycles. The molecule has 0 spiro atoms. The fourth-order valence-corrected chi connectivity index (χ4v) is 3.59. The maximum absolute atomic E-state index is 13.5. The van der Waals surface area contributed by atoms with Crippen molar-refractivity contribution in [1.82, 2.24) is 14.5 Å². The van der Waals surface area contributed by atoms with Gasteiger partial charge in [0.15, 0.2) is 0 Å². The van der Waals surface area contributed by atoms with E-state index >= 15 is 0 Å². The summed E-state index contributed by atoms with van der Waals surface area (Å²) < 4.78 is 39.9. The van der Waals surface area contributed by atoms with E-state index in [1.165, 1.54) is 31.4 Å². The minimum atomic E-state index is -0.542. The van der Waals surface area contributed by atoms with Crippen LogP contribution in [0.15, 0.2) is 73.2 Å². The molecule has 2 heterocycles. The number of carbonyl (C=O) groups is 1. The van der Waals surface area contributed by atoms with Crippen molar-refractivity contribution in [3.8, 4) is 11.3 Å². The Morgan fingerprint density at radius 1 is 1.00 bits per heavy atom. The molecule has 0 saturated carbocycles. The van der Waals surface area contributed by atoms with Crippen LogP contribution in [0.2, 0.25) is 0 Å². The van der Waals surface area contributed by atoms with Crippen LogP contribution >= 0.6 is 0 Å². The Hall–Kier alpha value is -3.91. The van der Waals surface area contributed by atoms with Crippen LogP contribution in [0.4, 0.5) is 8.78 Å². The Kier molecular flexibility index (Phi) is 7.08. The molecule has 0 aliphatic rings. The zero-order chi connectivity index (χ0) is 24.1. The molecule has 2 aromatic heterocycles. The van der Waals surface area contributed by atoms with Gasteiger partial charge < -0.3 is 14.0 Å². The average molecular weight is 463 g/mol. The maximum Gasteiger partial charge on any atom is 0.340 e. The third-order valence-corrected chi connectivity index (χ3v) is 5.46. The SMILES string of the molecule is COC(=O)c1ccc(COC(Cc2cncn2C)c2ccc(F)cc2)nc1-c1ccc(F)cc1. The number of pyridine rings is 1. The summed E-state index contributed by atoms with van der Waals surface area (Å²) in [7, 11) is 3.19. The molecule has 0 amide bonds. The van der Waals surface area contributed by atoms with Crippen LogP contribution in [0.3, 0.4) is 0 Å². The van der Waals surface area contributed by atoms with Gasteiger partial charge in [-0.05, 0) is 54.1 Å². The number of rotatable bonds is 8. The Morgan fingerprint density at radius 3 is 2.29 bits per heavy atom. The molecule has 1 atom stereocenters. The largest absolute Gasteiger partial charge is 0.465 e. The van der Waals surface area contributed by atoms with Crippen molar-refractivity contribution in [2.24, 2.45) is 7.05 Å². The molecular formula is C26H23F2N3O3. The summed E-state index contributed by atoms with van der Waals surface area (Å²) in [5.41, 5.74) is 3.56. The Labute approximate surface area is 195 Å². The summed E-state index contributed by atoms with van der Waals surface area (Å²) in [6.07, 6.45) is 3.61. The number of nitrogens with zero attached hydrogens (tertiary/aromatic N) is 3. The van der Waals surface area contributed by atoms with Crippen molar-refractivity contribution in [2.45, 2.75) is 19.1 Å². The Morgan fingerprint density at radius 2 is 1.68 bits per heavy atom. The number of halogens is 2. The number of aryl methyl sites for hydroxylation is 1. The number of carbonyl (C=O) groups excluding carboxylic acids is 1. The first-order valence-corrected chi connectivity index (χ1v) is 10.6. The molecule has 34 heavy (non-hydrogen) atoms. The molecule has 0 fully saturated rings. The fourth-order valence-electron chi connectivity index (χ4n) is 3.59. The lowest BCUT2D eigenvalue weighted by atomic mass is 10.0. The first-order chi connectivity index (χ1) is 16.4. The molecule has 174 valence electrons. The maximum atomic E-state index is 13.5. The first-order valence-electron chi connectivity index (χ1n) is 10.6. The standard InChI is InChI=1S/C26H23F2N3O3/c1-31-16-29-14-22(31)13-24(17-3-7-19(27)8-4-17)34-15-21-11-12-23(26(32)33-2)25(30-21)18-5-9-20(28)10-6-18/h3-12,14,16,24H,13,15H2,1-2H3. The second kappa shape index (κ2) is 10.4. The second-order valence-corrected chi connectivity index (χ2v) is 7.75. The minimum absolute atomic E-state index is 0.134. The van der Waals surface area contributed by atoms with Crippen molar-refractivity contribution < 1.29 is 23.0 Å². The number of ether oxygens (including phenoxy) is 2. The zero-order valence-electron chi connectivity index (χ0n) is 18.7. The van der Waals surface area contributed by atoms with Gasteiger partial charge in [-0.1, -0.05) is 12.1 Å². The zero-order valence-corrected chi connectivity index (χ0v) is 18.7.